The van der Waals surface area contributed by atoms with E-state index < -0.39 is 10.8 Å². The number of carbonyl (C=O) groups is 2. The smallest absolute Gasteiger partial charge is 0.271 e. The van der Waals surface area contributed by atoms with E-state index in [2.05, 4.69) is 15.8 Å². The number of anilines is 1. The van der Waals surface area contributed by atoms with Crippen LogP contribution in [0.5, 0.6) is 0 Å². The normalized spacial score (nSPS) is 11.2. The molecule has 0 saturated carbocycles. The maximum atomic E-state index is 12.2. The summed E-state index contributed by atoms with van der Waals surface area (Å²) in [6.07, 6.45) is 0.424. The van der Waals surface area contributed by atoms with E-state index in [1.807, 2.05) is 13.8 Å². The number of non-ortho nitro benzene ring substituents is 1. The van der Waals surface area contributed by atoms with Crippen LogP contribution >= 0.6 is 0 Å². The van der Waals surface area contributed by atoms with E-state index in [-0.39, 0.29) is 17.5 Å². The van der Waals surface area contributed by atoms with Gasteiger partial charge in [-0.3, -0.25) is 19.7 Å². The highest BCUT2D eigenvalue weighted by atomic mass is 16.6. The van der Waals surface area contributed by atoms with Crippen molar-refractivity contribution in [2.24, 2.45) is 11.0 Å². The van der Waals surface area contributed by atoms with E-state index in [9.17, 15) is 19.7 Å². The van der Waals surface area contributed by atoms with Gasteiger partial charge in [0.15, 0.2) is 0 Å². The molecule has 2 rings (SSSR count). The van der Waals surface area contributed by atoms with Gasteiger partial charge in [0, 0.05) is 35.4 Å². The molecule has 0 spiro atoms. The second kappa shape index (κ2) is 9.40. The Hall–Kier alpha value is -3.55. The third-order valence-corrected chi connectivity index (χ3v) is 3.82. The number of nitro groups is 1. The molecule has 2 N–H and O–H groups in total. The van der Waals surface area contributed by atoms with Crippen LogP contribution in [0.25, 0.3) is 0 Å². The molecule has 2 aromatic carbocycles. The predicted molar refractivity (Wildman–Crippen MR) is 107 cm³/mol. The van der Waals surface area contributed by atoms with Crippen LogP contribution in [0.4, 0.5) is 11.4 Å². The molecule has 0 bridgehead atoms. The van der Waals surface area contributed by atoms with Gasteiger partial charge in [0.05, 0.1) is 10.6 Å². The summed E-state index contributed by atoms with van der Waals surface area (Å²) in [4.78, 5) is 34.3. The van der Waals surface area contributed by atoms with Crippen LogP contribution in [0.2, 0.25) is 0 Å². The van der Waals surface area contributed by atoms with E-state index in [4.69, 9.17) is 0 Å². The molecule has 0 saturated heterocycles. The molecule has 8 nitrogen and oxygen atoms in total. The largest absolute Gasteiger partial charge is 0.326 e. The molecule has 0 aromatic heterocycles. The number of hydrogen-bond acceptors (Lipinski definition) is 5. The third kappa shape index (κ3) is 6.01. The first-order chi connectivity index (χ1) is 13.3. The van der Waals surface area contributed by atoms with Crippen molar-refractivity contribution in [3.63, 3.8) is 0 Å². The van der Waals surface area contributed by atoms with Gasteiger partial charge < -0.3 is 5.32 Å². The summed E-state index contributed by atoms with van der Waals surface area (Å²) >= 11 is 0. The lowest BCUT2D eigenvalue weighted by atomic mass is 10.1. The van der Waals surface area contributed by atoms with Gasteiger partial charge in [-0.05, 0) is 37.1 Å². The second-order valence-electron chi connectivity index (χ2n) is 6.67. The Morgan fingerprint density at radius 2 is 1.79 bits per heavy atom. The molecule has 0 fully saturated rings. The Bertz CT molecular complexity index is 905. The minimum Gasteiger partial charge on any atom is -0.326 e. The molecule has 0 aliphatic heterocycles. The summed E-state index contributed by atoms with van der Waals surface area (Å²) in [6.45, 7) is 5.57. The van der Waals surface area contributed by atoms with Crippen molar-refractivity contribution in [2.75, 3.05) is 5.32 Å². The Morgan fingerprint density at radius 3 is 2.39 bits per heavy atom. The van der Waals surface area contributed by atoms with Gasteiger partial charge in [-0.25, -0.2) is 5.43 Å². The van der Waals surface area contributed by atoms with Crippen molar-refractivity contribution in [1.29, 1.82) is 0 Å². The minimum atomic E-state index is -0.489. The molecule has 28 heavy (non-hydrogen) atoms. The summed E-state index contributed by atoms with van der Waals surface area (Å²) in [5.74, 6) is -0.244. The van der Waals surface area contributed by atoms with Gasteiger partial charge in [-0.1, -0.05) is 26.0 Å². The van der Waals surface area contributed by atoms with E-state index in [0.29, 0.717) is 28.9 Å². The molecule has 2 aromatic rings. The Balaban J connectivity index is 2.00. The lowest BCUT2D eigenvalue weighted by Gasteiger charge is -2.08. The highest BCUT2D eigenvalue weighted by Gasteiger charge is 2.10. The van der Waals surface area contributed by atoms with Crippen molar-refractivity contribution in [1.82, 2.24) is 5.43 Å². The summed E-state index contributed by atoms with van der Waals surface area (Å²) < 4.78 is 0. The highest BCUT2D eigenvalue weighted by Crippen LogP contribution is 2.14. The Labute approximate surface area is 162 Å². The maximum Gasteiger partial charge on any atom is 0.271 e. The van der Waals surface area contributed by atoms with Crippen molar-refractivity contribution in [3.8, 4) is 0 Å². The molecule has 2 amide bonds. The van der Waals surface area contributed by atoms with Crippen LogP contribution in [0.15, 0.2) is 53.6 Å². The summed E-state index contributed by atoms with van der Waals surface area (Å²) in [7, 11) is 0. The third-order valence-electron chi connectivity index (χ3n) is 3.82. The number of amides is 2. The molecule has 0 aliphatic rings. The van der Waals surface area contributed by atoms with Gasteiger partial charge in [0.2, 0.25) is 5.91 Å². The molecule has 146 valence electrons. The zero-order chi connectivity index (χ0) is 20.7. The fourth-order valence-corrected chi connectivity index (χ4v) is 2.40. The van der Waals surface area contributed by atoms with Crippen molar-refractivity contribution >= 4 is 28.9 Å². The lowest BCUT2D eigenvalue weighted by Crippen LogP contribution is -2.19. The highest BCUT2D eigenvalue weighted by molar-refractivity contribution is 6.01. The first-order valence-corrected chi connectivity index (χ1v) is 8.75. The van der Waals surface area contributed by atoms with Crippen molar-refractivity contribution < 1.29 is 14.5 Å². The number of rotatable bonds is 7. The molecule has 0 unspecified atom stereocenters. The van der Waals surface area contributed by atoms with Gasteiger partial charge in [-0.15, -0.1) is 0 Å². The quantitative estimate of drug-likeness (QED) is 0.431. The average Bonchev–Trinajstić information content (AvgIpc) is 2.65. The molecule has 0 aliphatic carbocycles. The van der Waals surface area contributed by atoms with E-state index in [0.717, 1.165) is 0 Å². The SMILES string of the molecule is CC(=NNC(=O)c1ccc(NC(=O)CC(C)C)cc1)c1cccc([N+](=O)[O-])c1. The van der Waals surface area contributed by atoms with E-state index in [1.54, 1.807) is 43.3 Å². The number of carbonyl (C=O) groups excluding carboxylic acids is 2. The standard InChI is InChI=1S/C20H22N4O4/c1-13(2)11-19(25)21-17-9-7-15(8-10-17)20(26)23-22-14(3)16-5-4-6-18(12-16)24(27)28/h4-10,12-13H,11H2,1-3H3,(H,21,25)(H,23,26). The van der Waals surface area contributed by atoms with Crippen molar-refractivity contribution in [2.45, 2.75) is 27.2 Å². The molecular formula is C20H22N4O4. The number of hydrogen-bond donors (Lipinski definition) is 2. The zero-order valence-corrected chi connectivity index (χ0v) is 15.9. The zero-order valence-electron chi connectivity index (χ0n) is 15.9. The monoisotopic (exact) mass is 382 g/mol. The van der Waals surface area contributed by atoms with Gasteiger partial charge >= 0.3 is 0 Å². The van der Waals surface area contributed by atoms with Crippen molar-refractivity contribution in [3.05, 3.63) is 69.8 Å². The molecule has 0 atom stereocenters. The fraction of sp³-hybridized carbons (Fsp3) is 0.250. The summed E-state index contributed by atoms with van der Waals surface area (Å²) in [5, 5.41) is 17.6. The van der Waals surface area contributed by atoms with Gasteiger partial charge in [0.1, 0.15) is 0 Å². The topological polar surface area (TPSA) is 114 Å². The van der Waals surface area contributed by atoms with E-state index >= 15 is 0 Å². The molecule has 0 heterocycles. The van der Waals surface area contributed by atoms with E-state index in [1.165, 1.54) is 12.1 Å². The fourth-order valence-electron chi connectivity index (χ4n) is 2.40. The minimum absolute atomic E-state index is 0.0477. The van der Waals surface area contributed by atoms with Crippen LogP contribution in [0.1, 0.15) is 43.1 Å². The molecule has 8 heteroatoms. The van der Waals surface area contributed by atoms with Crippen LogP contribution in [0, 0.1) is 16.0 Å². The first kappa shape index (κ1) is 20.8. The first-order valence-electron chi connectivity index (χ1n) is 8.75. The number of nitrogens with zero attached hydrogens (tertiary/aromatic N) is 2. The predicted octanol–water partition coefficient (Wildman–Crippen LogP) is 3.73. The number of nitro benzene ring substituents is 1. The number of benzene rings is 2. The van der Waals surface area contributed by atoms with Crippen LogP contribution in [-0.4, -0.2) is 22.4 Å². The van der Waals surface area contributed by atoms with Gasteiger partial charge in [0.25, 0.3) is 11.6 Å². The van der Waals surface area contributed by atoms with Gasteiger partial charge in [-0.2, -0.15) is 5.10 Å². The number of hydrazone groups is 1. The maximum absolute atomic E-state index is 12.2. The Morgan fingerprint density at radius 1 is 1.11 bits per heavy atom. The lowest BCUT2D eigenvalue weighted by molar-refractivity contribution is -0.384. The van der Waals surface area contributed by atoms with Crippen LogP contribution < -0.4 is 10.7 Å². The average molecular weight is 382 g/mol. The van der Waals surface area contributed by atoms with Crippen LogP contribution in [-0.2, 0) is 4.79 Å². The Kier molecular flexibility index (Phi) is 6.97. The molecule has 0 radical (unpaired) electrons. The summed E-state index contributed by atoms with van der Waals surface area (Å²) in [5.41, 5.74) is 4.34. The molecular weight excluding hydrogens is 360 g/mol. The number of nitrogens with one attached hydrogen (secondary N) is 2. The summed E-state index contributed by atoms with van der Waals surface area (Å²) in [6, 6.07) is 12.5. The second-order valence-corrected chi connectivity index (χ2v) is 6.67. The van der Waals surface area contributed by atoms with Crippen LogP contribution in [0.3, 0.4) is 0 Å².